The Morgan fingerprint density at radius 2 is 1.78 bits per heavy atom. The Morgan fingerprint density at radius 3 is 2.28 bits per heavy atom. The summed E-state index contributed by atoms with van der Waals surface area (Å²) in [6, 6.07) is 0.542. The van der Waals surface area contributed by atoms with E-state index in [1.165, 1.54) is 29.8 Å². The van der Waals surface area contributed by atoms with Gasteiger partial charge in [0.1, 0.15) is 5.82 Å². The van der Waals surface area contributed by atoms with E-state index in [0.29, 0.717) is 6.04 Å². The van der Waals surface area contributed by atoms with Gasteiger partial charge < -0.3 is 5.32 Å². The van der Waals surface area contributed by atoms with E-state index in [-0.39, 0.29) is 0 Å². The number of hydrogen-bond acceptors (Lipinski definition) is 3. The molecule has 3 heteroatoms. The number of aromatic nitrogens is 2. The van der Waals surface area contributed by atoms with E-state index in [2.05, 4.69) is 43.0 Å². The Kier molecular flexibility index (Phi) is 4.33. The lowest BCUT2D eigenvalue weighted by Gasteiger charge is -2.12. The van der Waals surface area contributed by atoms with Crippen molar-refractivity contribution in [1.29, 1.82) is 0 Å². The van der Waals surface area contributed by atoms with Gasteiger partial charge >= 0.3 is 0 Å². The second kappa shape index (κ2) is 5.79. The lowest BCUT2D eigenvalue weighted by Crippen LogP contribution is -2.25. The molecule has 1 fully saturated rings. The molecule has 1 aromatic heterocycles. The highest BCUT2D eigenvalue weighted by Crippen LogP contribution is 2.31. The van der Waals surface area contributed by atoms with Gasteiger partial charge in [0.25, 0.3) is 0 Å². The second-order valence-corrected chi connectivity index (χ2v) is 5.80. The maximum absolute atomic E-state index is 4.67. The van der Waals surface area contributed by atoms with E-state index in [4.69, 9.17) is 0 Å². The van der Waals surface area contributed by atoms with Crippen LogP contribution >= 0.6 is 0 Å². The van der Waals surface area contributed by atoms with E-state index in [0.717, 1.165) is 31.1 Å². The highest BCUT2D eigenvalue weighted by molar-refractivity contribution is 5.25. The molecule has 0 atom stereocenters. The summed E-state index contributed by atoms with van der Waals surface area (Å²) in [6.45, 7) is 9.60. The van der Waals surface area contributed by atoms with Gasteiger partial charge in [-0.25, -0.2) is 9.97 Å². The molecule has 0 aliphatic heterocycles. The Bertz CT molecular complexity index is 385. The fourth-order valence-electron chi connectivity index (χ4n) is 2.33. The molecule has 18 heavy (non-hydrogen) atoms. The van der Waals surface area contributed by atoms with Crippen molar-refractivity contribution in [3.05, 3.63) is 22.8 Å². The molecule has 0 unspecified atom stereocenters. The van der Waals surface area contributed by atoms with Crippen LogP contribution in [-0.4, -0.2) is 22.6 Å². The monoisotopic (exact) mass is 247 g/mol. The summed E-state index contributed by atoms with van der Waals surface area (Å²) in [5.41, 5.74) is 3.66. The molecule has 0 bridgehead atoms. The molecule has 3 nitrogen and oxygen atoms in total. The number of aryl methyl sites for hydroxylation is 2. The van der Waals surface area contributed by atoms with E-state index < -0.39 is 0 Å². The van der Waals surface area contributed by atoms with Crippen LogP contribution in [0.3, 0.4) is 0 Å². The van der Waals surface area contributed by atoms with Crippen LogP contribution in [0.15, 0.2) is 0 Å². The lowest BCUT2D eigenvalue weighted by atomic mass is 10.1. The minimum atomic E-state index is 0.542. The molecular weight excluding hydrogens is 222 g/mol. The van der Waals surface area contributed by atoms with Gasteiger partial charge in [-0.05, 0) is 51.1 Å². The van der Waals surface area contributed by atoms with Crippen molar-refractivity contribution < 1.29 is 0 Å². The first kappa shape index (κ1) is 13.5. The minimum Gasteiger partial charge on any atom is -0.314 e. The third-order valence-corrected chi connectivity index (χ3v) is 3.56. The van der Waals surface area contributed by atoms with E-state index in [9.17, 15) is 0 Å². The van der Waals surface area contributed by atoms with Gasteiger partial charge in [-0.3, -0.25) is 0 Å². The zero-order valence-corrected chi connectivity index (χ0v) is 12.1. The Hall–Kier alpha value is -0.960. The molecule has 1 aliphatic rings. The van der Waals surface area contributed by atoms with Gasteiger partial charge in [-0.15, -0.1) is 0 Å². The molecule has 0 spiro atoms. The lowest BCUT2D eigenvalue weighted by molar-refractivity contribution is 0.587. The molecule has 1 aliphatic carbocycles. The molecule has 0 amide bonds. The third kappa shape index (κ3) is 3.77. The van der Waals surface area contributed by atoms with Gasteiger partial charge in [0.2, 0.25) is 0 Å². The van der Waals surface area contributed by atoms with Crippen LogP contribution in [0.4, 0.5) is 0 Å². The van der Waals surface area contributed by atoms with Gasteiger partial charge in [-0.1, -0.05) is 13.8 Å². The topological polar surface area (TPSA) is 37.8 Å². The smallest absolute Gasteiger partial charge is 0.129 e. The SMILES string of the molecule is Cc1nc(CC2CC2)nc(C)c1CCNC(C)C. The molecule has 1 saturated carbocycles. The normalized spacial score (nSPS) is 15.4. The maximum Gasteiger partial charge on any atom is 0.129 e. The van der Waals surface area contributed by atoms with Gasteiger partial charge in [0.15, 0.2) is 0 Å². The number of nitrogens with zero attached hydrogens (tertiary/aromatic N) is 2. The van der Waals surface area contributed by atoms with Crippen molar-refractivity contribution in [1.82, 2.24) is 15.3 Å². The molecule has 0 radical (unpaired) electrons. The molecule has 1 aromatic rings. The summed E-state index contributed by atoms with van der Waals surface area (Å²) < 4.78 is 0. The molecule has 0 aromatic carbocycles. The molecule has 1 heterocycles. The first-order valence-corrected chi connectivity index (χ1v) is 7.12. The Balaban J connectivity index is 2.00. The molecule has 1 N–H and O–H groups in total. The predicted octanol–water partition coefficient (Wildman–Crippen LogP) is 2.59. The van der Waals surface area contributed by atoms with Crippen molar-refractivity contribution in [3.63, 3.8) is 0 Å². The van der Waals surface area contributed by atoms with Crippen molar-refractivity contribution in [2.24, 2.45) is 5.92 Å². The Morgan fingerprint density at radius 1 is 1.17 bits per heavy atom. The zero-order chi connectivity index (χ0) is 13.1. The van der Waals surface area contributed by atoms with Crippen molar-refractivity contribution in [2.45, 2.75) is 59.4 Å². The molecule has 100 valence electrons. The van der Waals surface area contributed by atoms with E-state index >= 15 is 0 Å². The first-order valence-electron chi connectivity index (χ1n) is 7.12. The fourth-order valence-corrected chi connectivity index (χ4v) is 2.33. The number of rotatable bonds is 6. The summed E-state index contributed by atoms with van der Waals surface area (Å²) in [5, 5.41) is 3.45. The first-order chi connectivity index (χ1) is 8.56. The van der Waals surface area contributed by atoms with Crippen LogP contribution in [0.1, 0.15) is 49.5 Å². The summed E-state index contributed by atoms with van der Waals surface area (Å²) in [6.07, 6.45) is 4.83. The summed E-state index contributed by atoms with van der Waals surface area (Å²) >= 11 is 0. The highest BCUT2D eigenvalue weighted by Gasteiger charge is 2.23. The van der Waals surface area contributed by atoms with Crippen molar-refractivity contribution >= 4 is 0 Å². The van der Waals surface area contributed by atoms with Crippen LogP contribution in [0.2, 0.25) is 0 Å². The maximum atomic E-state index is 4.67. The summed E-state index contributed by atoms with van der Waals surface area (Å²) in [5.74, 6) is 1.91. The quantitative estimate of drug-likeness (QED) is 0.839. The minimum absolute atomic E-state index is 0.542. The second-order valence-electron chi connectivity index (χ2n) is 5.80. The van der Waals surface area contributed by atoms with Gasteiger partial charge in [-0.2, -0.15) is 0 Å². The van der Waals surface area contributed by atoms with Crippen LogP contribution < -0.4 is 5.32 Å². The average molecular weight is 247 g/mol. The standard InChI is InChI=1S/C15H25N3/c1-10(2)16-8-7-14-11(3)17-15(18-12(14)4)9-13-5-6-13/h10,13,16H,5-9H2,1-4H3. The van der Waals surface area contributed by atoms with Gasteiger partial charge in [0.05, 0.1) is 0 Å². The van der Waals surface area contributed by atoms with Gasteiger partial charge in [0, 0.05) is 23.9 Å². The van der Waals surface area contributed by atoms with Crippen molar-refractivity contribution in [2.75, 3.05) is 6.54 Å². The Labute approximate surface area is 110 Å². The molecule has 0 saturated heterocycles. The fraction of sp³-hybridized carbons (Fsp3) is 0.733. The molecular formula is C15H25N3. The number of hydrogen-bond donors (Lipinski definition) is 1. The van der Waals surface area contributed by atoms with E-state index in [1.54, 1.807) is 0 Å². The average Bonchev–Trinajstić information content (AvgIpc) is 3.05. The zero-order valence-electron chi connectivity index (χ0n) is 12.1. The summed E-state index contributed by atoms with van der Waals surface area (Å²) in [4.78, 5) is 9.35. The third-order valence-electron chi connectivity index (χ3n) is 3.56. The number of nitrogens with one attached hydrogen (secondary N) is 1. The van der Waals surface area contributed by atoms with Crippen LogP contribution in [0.5, 0.6) is 0 Å². The summed E-state index contributed by atoms with van der Waals surface area (Å²) in [7, 11) is 0. The predicted molar refractivity (Wildman–Crippen MR) is 74.8 cm³/mol. The van der Waals surface area contributed by atoms with Crippen LogP contribution in [-0.2, 0) is 12.8 Å². The van der Waals surface area contributed by atoms with E-state index in [1.807, 2.05) is 0 Å². The van der Waals surface area contributed by atoms with Crippen molar-refractivity contribution in [3.8, 4) is 0 Å². The molecule has 2 rings (SSSR count). The highest BCUT2D eigenvalue weighted by atomic mass is 14.9. The van der Waals surface area contributed by atoms with Crippen LogP contribution in [0.25, 0.3) is 0 Å². The largest absolute Gasteiger partial charge is 0.314 e. The van der Waals surface area contributed by atoms with Crippen LogP contribution in [0, 0.1) is 19.8 Å².